The summed E-state index contributed by atoms with van der Waals surface area (Å²) in [6.07, 6.45) is 0. The number of hydrogen-bond acceptors (Lipinski definition) is 3. The number of nitro benzene ring substituents is 1. The Kier molecular flexibility index (Phi) is 4.55. The number of para-hydroxylation sites is 1. The Morgan fingerprint density at radius 3 is 2.16 bits per heavy atom. The summed E-state index contributed by atoms with van der Waals surface area (Å²) in [5.74, 6) is 0.709. The molecular weight excluding hydrogens is 378 g/mol. The second-order valence-corrected chi connectivity index (χ2v) is 5.47. The van der Waals surface area contributed by atoms with Gasteiger partial charge in [0.25, 0.3) is 5.69 Å². The van der Waals surface area contributed by atoms with Crippen LogP contribution in [0.15, 0.2) is 51.4 Å². The molecule has 0 atom stereocenters. The number of halogens is 2. The second kappa shape index (κ2) is 6.16. The molecule has 2 aromatic rings. The lowest BCUT2D eigenvalue weighted by Crippen LogP contribution is -1.97. The van der Waals surface area contributed by atoms with Crippen LogP contribution in [0.3, 0.4) is 0 Å². The predicted molar refractivity (Wildman–Crippen MR) is 79.3 cm³/mol. The zero-order valence-electron chi connectivity index (χ0n) is 9.68. The molecule has 0 unspecified atom stereocenters. The molecular formula is C13H9Br2NO3. The van der Waals surface area contributed by atoms with Crippen LogP contribution in [0.5, 0.6) is 5.75 Å². The van der Waals surface area contributed by atoms with Crippen molar-refractivity contribution < 1.29 is 9.66 Å². The minimum Gasteiger partial charge on any atom is -0.487 e. The van der Waals surface area contributed by atoms with Gasteiger partial charge < -0.3 is 4.74 Å². The SMILES string of the molecule is O=[N+]([O-])c1ccc(COc2c(Br)cccc2Br)cc1. The summed E-state index contributed by atoms with van der Waals surface area (Å²) in [7, 11) is 0. The number of ether oxygens (including phenoxy) is 1. The highest BCUT2D eigenvalue weighted by molar-refractivity contribution is 9.11. The van der Waals surface area contributed by atoms with Crippen LogP contribution in [0.4, 0.5) is 5.69 Å². The van der Waals surface area contributed by atoms with E-state index in [0.717, 1.165) is 14.5 Å². The van der Waals surface area contributed by atoms with Crippen LogP contribution in [0.25, 0.3) is 0 Å². The van der Waals surface area contributed by atoms with Gasteiger partial charge in [-0.1, -0.05) is 6.07 Å². The molecule has 6 heteroatoms. The van der Waals surface area contributed by atoms with Crippen molar-refractivity contribution in [3.63, 3.8) is 0 Å². The van der Waals surface area contributed by atoms with E-state index in [4.69, 9.17) is 4.74 Å². The van der Waals surface area contributed by atoms with Crippen molar-refractivity contribution >= 4 is 37.5 Å². The van der Waals surface area contributed by atoms with Crippen molar-refractivity contribution in [1.82, 2.24) is 0 Å². The summed E-state index contributed by atoms with van der Waals surface area (Å²) in [6, 6.07) is 12.0. The summed E-state index contributed by atoms with van der Waals surface area (Å²) in [4.78, 5) is 10.1. The molecule has 0 fully saturated rings. The Bertz CT molecular complexity index is 579. The van der Waals surface area contributed by atoms with Crippen LogP contribution in [0.2, 0.25) is 0 Å². The topological polar surface area (TPSA) is 52.4 Å². The molecule has 2 rings (SSSR count). The van der Waals surface area contributed by atoms with E-state index in [0.29, 0.717) is 12.4 Å². The molecule has 98 valence electrons. The fourth-order valence-electron chi connectivity index (χ4n) is 1.49. The first kappa shape index (κ1) is 14.0. The van der Waals surface area contributed by atoms with Gasteiger partial charge in [0.1, 0.15) is 12.4 Å². The molecule has 0 bridgehead atoms. The number of nitro groups is 1. The maximum Gasteiger partial charge on any atom is 0.269 e. The smallest absolute Gasteiger partial charge is 0.269 e. The van der Waals surface area contributed by atoms with Gasteiger partial charge in [0.15, 0.2) is 0 Å². The number of rotatable bonds is 4. The minimum atomic E-state index is -0.422. The molecule has 4 nitrogen and oxygen atoms in total. The maximum absolute atomic E-state index is 10.5. The highest BCUT2D eigenvalue weighted by Gasteiger charge is 2.07. The van der Waals surface area contributed by atoms with E-state index >= 15 is 0 Å². The van der Waals surface area contributed by atoms with Crippen molar-refractivity contribution in [2.24, 2.45) is 0 Å². The van der Waals surface area contributed by atoms with Gasteiger partial charge in [-0.15, -0.1) is 0 Å². The number of benzene rings is 2. The Balaban J connectivity index is 2.08. The Labute approximate surface area is 126 Å². The molecule has 2 aromatic carbocycles. The fraction of sp³-hybridized carbons (Fsp3) is 0.0769. The Morgan fingerprint density at radius 1 is 1.05 bits per heavy atom. The molecule has 0 spiro atoms. The van der Waals surface area contributed by atoms with E-state index < -0.39 is 4.92 Å². The zero-order valence-corrected chi connectivity index (χ0v) is 12.8. The van der Waals surface area contributed by atoms with Crippen LogP contribution in [0.1, 0.15) is 5.56 Å². The molecule has 0 saturated carbocycles. The van der Waals surface area contributed by atoms with Gasteiger partial charge in [0, 0.05) is 12.1 Å². The van der Waals surface area contributed by atoms with E-state index in [1.165, 1.54) is 12.1 Å². The third kappa shape index (κ3) is 3.54. The molecule has 0 saturated heterocycles. The van der Waals surface area contributed by atoms with Crippen LogP contribution < -0.4 is 4.74 Å². The van der Waals surface area contributed by atoms with Crippen LogP contribution in [-0.4, -0.2) is 4.92 Å². The van der Waals surface area contributed by atoms with Crippen molar-refractivity contribution in [2.75, 3.05) is 0 Å². The number of non-ortho nitro benzene ring substituents is 1. The van der Waals surface area contributed by atoms with Gasteiger partial charge in [0.2, 0.25) is 0 Å². The second-order valence-electron chi connectivity index (χ2n) is 3.76. The van der Waals surface area contributed by atoms with Crippen molar-refractivity contribution in [2.45, 2.75) is 6.61 Å². The fourth-order valence-corrected chi connectivity index (χ4v) is 2.72. The maximum atomic E-state index is 10.5. The first-order valence-electron chi connectivity index (χ1n) is 5.38. The van der Waals surface area contributed by atoms with Gasteiger partial charge in [-0.25, -0.2) is 0 Å². The summed E-state index contributed by atoms with van der Waals surface area (Å²) >= 11 is 6.81. The summed E-state index contributed by atoms with van der Waals surface area (Å²) in [5, 5.41) is 10.5. The first-order valence-corrected chi connectivity index (χ1v) is 6.96. The molecule has 0 aliphatic heterocycles. The van der Waals surface area contributed by atoms with Crippen molar-refractivity contribution in [1.29, 1.82) is 0 Å². The van der Waals surface area contributed by atoms with Gasteiger partial charge in [0.05, 0.1) is 13.9 Å². The average molecular weight is 387 g/mol. The lowest BCUT2D eigenvalue weighted by Gasteiger charge is -2.10. The van der Waals surface area contributed by atoms with E-state index in [1.54, 1.807) is 12.1 Å². The van der Waals surface area contributed by atoms with Gasteiger partial charge in [-0.05, 0) is 61.7 Å². The van der Waals surface area contributed by atoms with Crippen molar-refractivity contribution in [3.05, 3.63) is 67.1 Å². The van der Waals surface area contributed by atoms with Crippen LogP contribution in [0, 0.1) is 10.1 Å². The molecule has 0 aromatic heterocycles. The average Bonchev–Trinajstić information content (AvgIpc) is 2.38. The first-order chi connectivity index (χ1) is 9.08. The molecule has 0 N–H and O–H groups in total. The summed E-state index contributed by atoms with van der Waals surface area (Å²) in [5.41, 5.74) is 0.944. The summed E-state index contributed by atoms with van der Waals surface area (Å²) in [6.45, 7) is 0.346. The number of nitrogens with zero attached hydrogens (tertiary/aromatic N) is 1. The number of hydrogen-bond donors (Lipinski definition) is 0. The monoisotopic (exact) mass is 385 g/mol. The largest absolute Gasteiger partial charge is 0.487 e. The molecule has 0 amide bonds. The Hall–Kier alpha value is -1.40. The highest BCUT2D eigenvalue weighted by atomic mass is 79.9. The lowest BCUT2D eigenvalue weighted by atomic mass is 10.2. The Morgan fingerprint density at radius 2 is 1.63 bits per heavy atom. The standard InChI is InChI=1S/C13H9Br2NO3/c14-11-2-1-3-12(15)13(11)19-8-9-4-6-10(7-5-9)16(17)18/h1-7H,8H2. The normalized spacial score (nSPS) is 10.2. The van der Waals surface area contributed by atoms with Crippen LogP contribution in [-0.2, 0) is 6.61 Å². The quantitative estimate of drug-likeness (QED) is 0.565. The molecule has 0 radical (unpaired) electrons. The van der Waals surface area contributed by atoms with Crippen LogP contribution >= 0.6 is 31.9 Å². The van der Waals surface area contributed by atoms with E-state index in [9.17, 15) is 10.1 Å². The predicted octanol–water partition coefficient (Wildman–Crippen LogP) is 4.70. The minimum absolute atomic E-state index is 0.0748. The van der Waals surface area contributed by atoms with Crippen molar-refractivity contribution in [3.8, 4) is 5.75 Å². The zero-order chi connectivity index (χ0) is 13.8. The van der Waals surface area contributed by atoms with E-state index in [-0.39, 0.29) is 5.69 Å². The molecule has 0 aliphatic carbocycles. The van der Waals surface area contributed by atoms with E-state index in [1.807, 2.05) is 18.2 Å². The highest BCUT2D eigenvalue weighted by Crippen LogP contribution is 2.33. The molecule has 0 heterocycles. The third-order valence-corrected chi connectivity index (χ3v) is 3.70. The summed E-state index contributed by atoms with van der Waals surface area (Å²) < 4.78 is 7.39. The van der Waals surface area contributed by atoms with Gasteiger partial charge in [-0.3, -0.25) is 10.1 Å². The molecule has 19 heavy (non-hydrogen) atoms. The van der Waals surface area contributed by atoms with E-state index in [2.05, 4.69) is 31.9 Å². The molecule has 0 aliphatic rings. The van der Waals surface area contributed by atoms with Gasteiger partial charge in [-0.2, -0.15) is 0 Å². The lowest BCUT2D eigenvalue weighted by molar-refractivity contribution is -0.384. The third-order valence-electron chi connectivity index (χ3n) is 2.45. The van der Waals surface area contributed by atoms with Gasteiger partial charge >= 0.3 is 0 Å².